The number of hydrogen-bond acceptors (Lipinski definition) is 4. The van der Waals surface area contributed by atoms with Crippen LogP contribution >= 0.6 is 0 Å². The van der Waals surface area contributed by atoms with Crippen LogP contribution in [0.5, 0.6) is 0 Å². The molecule has 0 aromatic carbocycles. The van der Waals surface area contributed by atoms with Gasteiger partial charge in [-0.15, -0.1) is 0 Å². The lowest BCUT2D eigenvalue weighted by atomic mass is 10.2. The second-order valence-electron chi connectivity index (χ2n) is 3.28. The van der Waals surface area contributed by atoms with Gasteiger partial charge in [-0.05, 0) is 6.42 Å². The maximum atomic E-state index is 11.3. The third kappa shape index (κ3) is 1.31. The lowest BCUT2D eigenvalue weighted by molar-refractivity contribution is 0.587. The summed E-state index contributed by atoms with van der Waals surface area (Å²) in [5.41, 5.74) is 7.26. The first-order chi connectivity index (χ1) is 5.99. The van der Waals surface area contributed by atoms with E-state index >= 15 is 0 Å². The van der Waals surface area contributed by atoms with Gasteiger partial charge in [-0.3, -0.25) is 4.68 Å². The molecule has 2 heterocycles. The van der Waals surface area contributed by atoms with E-state index in [9.17, 15) is 8.42 Å². The highest BCUT2D eigenvalue weighted by Crippen LogP contribution is 2.24. The molecule has 5 nitrogen and oxygen atoms in total. The molecule has 1 aromatic rings. The van der Waals surface area contributed by atoms with Gasteiger partial charge in [-0.1, -0.05) is 0 Å². The summed E-state index contributed by atoms with van der Waals surface area (Å²) in [5, 5.41) is 3.99. The molecule has 0 bridgehead atoms. The maximum Gasteiger partial charge on any atom is 0.156 e. The Kier molecular flexibility index (Phi) is 1.63. The zero-order valence-corrected chi connectivity index (χ0v) is 8.13. The van der Waals surface area contributed by atoms with Crippen molar-refractivity contribution in [1.29, 1.82) is 0 Å². The maximum absolute atomic E-state index is 11.3. The van der Waals surface area contributed by atoms with Gasteiger partial charge in [0.25, 0.3) is 0 Å². The smallest absolute Gasteiger partial charge is 0.156 e. The topological polar surface area (TPSA) is 78.0 Å². The number of rotatable bonds is 0. The summed E-state index contributed by atoms with van der Waals surface area (Å²) >= 11 is 0. The molecule has 0 aliphatic carbocycles. The highest BCUT2D eigenvalue weighted by molar-refractivity contribution is 7.90. The zero-order valence-electron chi connectivity index (χ0n) is 7.32. The Hall–Kier alpha value is -1.04. The van der Waals surface area contributed by atoms with E-state index in [1.807, 2.05) is 0 Å². The summed E-state index contributed by atoms with van der Waals surface area (Å²) in [6.45, 7) is 0. The second kappa shape index (κ2) is 2.47. The first kappa shape index (κ1) is 8.55. The van der Waals surface area contributed by atoms with Crippen molar-refractivity contribution in [3.8, 4) is 0 Å². The summed E-state index contributed by atoms with van der Waals surface area (Å²) in [4.78, 5) is 0. The monoisotopic (exact) mass is 201 g/mol. The predicted molar refractivity (Wildman–Crippen MR) is 48.8 cm³/mol. The number of fused-ring (bicyclic) bond motifs is 1. The van der Waals surface area contributed by atoms with Crippen molar-refractivity contribution in [2.75, 3.05) is 11.5 Å². The number of nitrogens with two attached hydrogens (primary N) is 1. The van der Waals surface area contributed by atoms with E-state index in [1.165, 1.54) is 0 Å². The number of aromatic nitrogens is 2. The van der Waals surface area contributed by atoms with Gasteiger partial charge < -0.3 is 5.73 Å². The molecule has 6 heteroatoms. The molecular weight excluding hydrogens is 190 g/mol. The quantitative estimate of drug-likeness (QED) is 0.612. The van der Waals surface area contributed by atoms with Crippen LogP contribution in [0.3, 0.4) is 0 Å². The van der Waals surface area contributed by atoms with Crippen LogP contribution in [-0.4, -0.2) is 24.0 Å². The number of aryl methyl sites for hydroxylation is 1. The van der Waals surface area contributed by atoms with Crippen molar-refractivity contribution >= 4 is 15.7 Å². The molecule has 0 saturated heterocycles. The first-order valence-corrected chi connectivity index (χ1v) is 5.82. The molecule has 1 aliphatic heterocycles. The van der Waals surface area contributed by atoms with Crippen LogP contribution in [0.4, 0.5) is 5.82 Å². The molecule has 1 aromatic heterocycles. The average Bonchev–Trinajstić information content (AvgIpc) is 2.26. The van der Waals surface area contributed by atoms with Crippen LogP contribution in [0, 0.1) is 0 Å². The zero-order chi connectivity index (χ0) is 9.64. The van der Waals surface area contributed by atoms with Crippen molar-refractivity contribution in [2.24, 2.45) is 7.05 Å². The Balaban J connectivity index is 2.57. The fourth-order valence-electron chi connectivity index (χ4n) is 1.62. The highest BCUT2D eigenvalue weighted by Gasteiger charge is 2.26. The Labute approximate surface area is 76.5 Å². The van der Waals surface area contributed by atoms with E-state index in [0.717, 1.165) is 11.3 Å². The third-order valence-electron chi connectivity index (χ3n) is 2.33. The molecule has 0 saturated carbocycles. The normalized spacial score (nSPS) is 19.8. The molecule has 1 aliphatic rings. The van der Waals surface area contributed by atoms with Gasteiger partial charge >= 0.3 is 0 Å². The fraction of sp³-hybridized carbons (Fsp3) is 0.571. The molecule has 0 atom stereocenters. The van der Waals surface area contributed by atoms with Crippen molar-refractivity contribution in [1.82, 2.24) is 9.78 Å². The van der Waals surface area contributed by atoms with Gasteiger partial charge in [-0.2, -0.15) is 5.10 Å². The summed E-state index contributed by atoms with van der Waals surface area (Å²) < 4.78 is 24.1. The minimum Gasteiger partial charge on any atom is -0.382 e. The van der Waals surface area contributed by atoms with E-state index in [-0.39, 0.29) is 11.5 Å². The van der Waals surface area contributed by atoms with E-state index in [4.69, 9.17) is 5.73 Å². The van der Waals surface area contributed by atoms with Crippen molar-refractivity contribution < 1.29 is 8.42 Å². The largest absolute Gasteiger partial charge is 0.382 e. The first-order valence-electron chi connectivity index (χ1n) is 4.00. The second-order valence-corrected chi connectivity index (χ2v) is 5.46. The minimum absolute atomic E-state index is 0.0725. The molecule has 0 fully saturated rings. The molecule has 72 valence electrons. The number of hydrogen-bond donors (Lipinski definition) is 1. The van der Waals surface area contributed by atoms with Gasteiger partial charge in [0.05, 0.1) is 17.2 Å². The predicted octanol–water partition coefficient (Wildman–Crippen LogP) is -0.527. The molecule has 2 N–H and O–H groups in total. The summed E-state index contributed by atoms with van der Waals surface area (Å²) in [7, 11) is -1.20. The van der Waals surface area contributed by atoms with E-state index in [2.05, 4.69) is 5.10 Å². The summed E-state index contributed by atoms with van der Waals surface area (Å²) in [5.74, 6) is 0.728. The number of sulfone groups is 1. The molecule has 13 heavy (non-hydrogen) atoms. The van der Waals surface area contributed by atoms with Crippen LogP contribution in [0.2, 0.25) is 0 Å². The van der Waals surface area contributed by atoms with Gasteiger partial charge in [0.15, 0.2) is 9.84 Å². The van der Waals surface area contributed by atoms with Crippen LogP contribution < -0.4 is 5.73 Å². The standard InChI is InChI=1S/C7H11N3O2S/c1-10-6-4-13(11,12)3-2-5(6)7(8)9-10/h2-4H2,1H3,(H2,8,9). The van der Waals surface area contributed by atoms with Gasteiger partial charge in [0.2, 0.25) is 0 Å². The van der Waals surface area contributed by atoms with Crippen molar-refractivity contribution in [3.63, 3.8) is 0 Å². The Morgan fingerprint density at radius 1 is 1.54 bits per heavy atom. The van der Waals surface area contributed by atoms with Crippen molar-refractivity contribution in [3.05, 3.63) is 11.3 Å². The van der Waals surface area contributed by atoms with Crippen LogP contribution in [-0.2, 0) is 29.1 Å². The van der Waals surface area contributed by atoms with Crippen LogP contribution in [0.15, 0.2) is 0 Å². The van der Waals surface area contributed by atoms with E-state index in [1.54, 1.807) is 11.7 Å². The lowest BCUT2D eigenvalue weighted by Gasteiger charge is -2.12. The molecule has 0 amide bonds. The van der Waals surface area contributed by atoms with E-state index in [0.29, 0.717) is 12.2 Å². The highest BCUT2D eigenvalue weighted by atomic mass is 32.2. The Morgan fingerprint density at radius 2 is 2.23 bits per heavy atom. The summed E-state index contributed by atoms with van der Waals surface area (Å²) in [6.07, 6.45) is 0.497. The molecule has 0 spiro atoms. The lowest BCUT2D eigenvalue weighted by Crippen LogP contribution is -2.20. The SMILES string of the molecule is Cn1nc(N)c2c1CS(=O)(=O)CC2. The Morgan fingerprint density at radius 3 is 2.92 bits per heavy atom. The summed E-state index contributed by atoms with van der Waals surface area (Å²) in [6, 6.07) is 0. The third-order valence-corrected chi connectivity index (χ3v) is 3.86. The van der Waals surface area contributed by atoms with Crippen molar-refractivity contribution in [2.45, 2.75) is 12.2 Å². The van der Waals surface area contributed by atoms with Crippen LogP contribution in [0.1, 0.15) is 11.3 Å². The fourth-order valence-corrected chi connectivity index (χ4v) is 3.05. The molecular formula is C7H11N3O2S. The van der Waals surface area contributed by atoms with Gasteiger partial charge in [0, 0.05) is 12.6 Å². The van der Waals surface area contributed by atoms with Gasteiger partial charge in [0.1, 0.15) is 5.82 Å². The van der Waals surface area contributed by atoms with E-state index < -0.39 is 9.84 Å². The number of anilines is 1. The number of nitrogens with zero attached hydrogens (tertiary/aromatic N) is 2. The molecule has 2 rings (SSSR count). The minimum atomic E-state index is -2.92. The Bertz CT molecular complexity index is 447. The average molecular weight is 201 g/mol. The molecule has 0 unspecified atom stereocenters. The van der Waals surface area contributed by atoms with Gasteiger partial charge in [-0.25, -0.2) is 8.42 Å². The number of nitrogen functional groups attached to an aromatic ring is 1. The molecule has 0 radical (unpaired) electrons. The van der Waals surface area contributed by atoms with Crippen LogP contribution in [0.25, 0.3) is 0 Å².